The highest BCUT2D eigenvalue weighted by Crippen LogP contribution is 2.22. The Bertz CT molecular complexity index is 463. The Morgan fingerprint density at radius 2 is 2.43 bits per heavy atom. The average molecular weight is 228 g/mol. The van der Waals surface area contributed by atoms with Gasteiger partial charge in [0.2, 0.25) is 0 Å². The lowest BCUT2D eigenvalue weighted by atomic mass is 10.4. The van der Waals surface area contributed by atoms with Crippen molar-refractivity contribution < 1.29 is 4.79 Å². The first-order valence-electron chi connectivity index (χ1n) is 3.86. The molecule has 14 heavy (non-hydrogen) atoms. The number of halogens is 1. The Balaban J connectivity index is 2.41. The van der Waals surface area contributed by atoms with Crippen molar-refractivity contribution in [1.82, 2.24) is 14.8 Å². The maximum atomic E-state index is 11.8. The highest BCUT2D eigenvalue weighted by molar-refractivity contribution is 7.17. The van der Waals surface area contributed by atoms with Crippen LogP contribution >= 0.6 is 22.9 Å². The second-order valence-electron chi connectivity index (χ2n) is 2.64. The third-order valence-corrected chi connectivity index (χ3v) is 2.93. The number of aromatic nitrogens is 3. The SMILES string of the molecule is Cc1nc(Cl)sc1C(=O)n1cccn1. The van der Waals surface area contributed by atoms with Gasteiger partial charge in [0.15, 0.2) is 4.47 Å². The van der Waals surface area contributed by atoms with E-state index in [2.05, 4.69) is 10.1 Å². The molecule has 0 bridgehead atoms. The molecule has 2 heterocycles. The van der Waals surface area contributed by atoms with Crippen LogP contribution < -0.4 is 0 Å². The molecule has 0 atom stereocenters. The number of thiazole rings is 1. The number of hydrogen-bond donors (Lipinski definition) is 0. The number of carbonyl (C=O) groups is 1. The maximum absolute atomic E-state index is 11.8. The summed E-state index contributed by atoms with van der Waals surface area (Å²) in [5.74, 6) is -0.197. The number of aryl methyl sites for hydroxylation is 1. The van der Waals surface area contributed by atoms with Crippen LogP contribution in [-0.4, -0.2) is 20.7 Å². The monoisotopic (exact) mass is 227 g/mol. The van der Waals surface area contributed by atoms with Crippen LogP contribution in [0, 0.1) is 6.92 Å². The average Bonchev–Trinajstić information content (AvgIpc) is 2.73. The van der Waals surface area contributed by atoms with Gasteiger partial charge in [-0.2, -0.15) is 5.10 Å². The third-order valence-electron chi connectivity index (χ3n) is 1.68. The van der Waals surface area contributed by atoms with E-state index in [4.69, 9.17) is 11.6 Å². The van der Waals surface area contributed by atoms with Crippen molar-refractivity contribution in [2.24, 2.45) is 0 Å². The molecule has 2 aromatic rings. The van der Waals surface area contributed by atoms with Gasteiger partial charge in [0.05, 0.1) is 5.69 Å². The summed E-state index contributed by atoms with van der Waals surface area (Å²) in [5.41, 5.74) is 0.639. The van der Waals surface area contributed by atoms with Gasteiger partial charge in [0.1, 0.15) is 4.88 Å². The molecule has 0 saturated carbocycles. The molecule has 0 spiro atoms. The van der Waals surface area contributed by atoms with Crippen LogP contribution in [0.25, 0.3) is 0 Å². The van der Waals surface area contributed by atoms with Crippen LogP contribution in [0.1, 0.15) is 15.4 Å². The topological polar surface area (TPSA) is 47.8 Å². The lowest BCUT2D eigenvalue weighted by Gasteiger charge is -1.96. The second-order valence-corrected chi connectivity index (χ2v) is 4.22. The highest BCUT2D eigenvalue weighted by atomic mass is 35.5. The van der Waals surface area contributed by atoms with E-state index in [1.165, 1.54) is 4.68 Å². The van der Waals surface area contributed by atoms with Gasteiger partial charge in [-0.05, 0) is 13.0 Å². The third kappa shape index (κ3) is 1.56. The molecule has 2 rings (SSSR count). The summed E-state index contributed by atoms with van der Waals surface area (Å²) >= 11 is 6.86. The molecule has 0 aliphatic rings. The van der Waals surface area contributed by atoms with Gasteiger partial charge in [0.25, 0.3) is 5.91 Å². The summed E-state index contributed by atoms with van der Waals surface area (Å²) < 4.78 is 1.63. The van der Waals surface area contributed by atoms with Gasteiger partial charge in [-0.1, -0.05) is 22.9 Å². The summed E-state index contributed by atoms with van der Waals surface area (Å²) in [7, 11) is 0. The number of carbonyl (C=O) groups excluding carboxylic acids is 1. The van der Waals surface area contributed by atoms with Gasteiger partial charge in [-0.3, -0.25) is 4.79 Å². The van der Waals surface area contributed by atoms with Crippen LogP contribution in [0.15, 0.2) is 18.5 Å². The van der Waals surface area contributed by atoms with E-state index >= 15 is 0 Å². The molecule has 0 radical (unpaired) electrons. The predicted octanol–water partition coefficient (Wildman–Crippen LogP) is 1.99. The van der Waals surface area contributed by atoms with E-state index < -0.39 is 0 Å². The minimum atomic E-state index is -0.197. The highest BCUT2D eigenvalue weighted by Gasteiger charge is 2.16. The first-order valence-corrected chi connectivity index (χ1v) is 5.05. The van der Waals surface area contributed by atoms with E-state index in [9.17, 15) is 4.79 Å². The quantitative estimate of drug-likeness (QED) is 0.749. The fourth-order valence-corrected chi connectivity index (χ4v) is 2.14. The molecule has 0 N–H and O–H groups in total. The maximum Gasteiger partial charge on any atom is 0.290 e. The Morgan fingerprint density at radius 3 is 2.93 bits per heavy atom. The van der Waals surface area contributed by atoms with Crippen molar-refractivity contribution in [3.05, 3.63) is 33.5 Å². The molecular formula is C8H6ClN3OS. The molecule has 6 heteroatoms. The smallest absolute Gasteiger partial charge is 0.266 e. The van der Waals surface area contributed by atoms with Crippen molar-refractivity contribution in [3.63, 3.8) is 0 Å². The van der Waals surface area contributed by atoms with E-state index in [0.717, 1.165) is 11.3 Å². The molecule has 4 nitrogen and oxygen atoms in total. The lowest BCUT2D eigenvalue weighted by Crippen LogP contribution is -2.11. The van der Waals surface area contributed by atoms with E-state index in [1.807, 2.05) is 0 Å². The Labute approximate surface area is 89.2 Å². The Kier molecular flexibility index (Phi) is 2.35. The van der Waals surface area contributed by atoms with Gasteiger partial charge in [-0.15, -0.1) is 0 Å². The zero-order valence-corrected chi connectivity index (χ0v) is 8.84. The first kappa shape index (κ1) is 9.36. The fraction of sp³-hybridized carbons (Fsp3) is 0.125. The first-order chi connectivity index (χ1) is 6.68. The minimum Gasteiger partial charge on any atom is -0.266 e. The van der Waals surface area contributed by atoms with Gasteiger partial charge < -0.3 is 0 Å². The van der Waals surface area contributed by atoms with Crippen molar-refractivity contribution in [1.29, 1.82) is 0 Å². The normalized spacial score (nSPS) is 10.4. The number of rotatable bonds is 1. The molecule has 0 fully saturated rings. The summed E-state index contributed by atoms with van der Waals surface area (Å²) in [4.78, 5) is 16.2. The zero-order chi connectivity index (χ0) is 10.1. The Morgan fingerprint density at radius 1 is 1.64 bits per heavy atom. The summed E-state index contributed by atoms with van der Waals surface area (Å²) in [5, 5.41) is 3.85. The molecule has 0 aliphatic carbocycles. The van der Waals surface area contributed by atoms with Gasteiger partial charge >= 0.3 is 0 Å². The Hall–Kier alpha value is -1.20. The standard InChI is InChI=1S/C8H6ClN3OS/c1-5-6(14-8(9)11-5)7(13)12-4-2-3-10-12/h2-4H,1H3. The van der Waals surface area contributed by atoms with E-state index in [0.29, 0.717) is 15.0 Å². The van der Waals surface area contributed by atoms with Crippen molar-refractivity contribution in [3.8, 4) is 0 Å². The van der Waals surface area contributed by atoms with E-state index in [1.54, 1.807) is 25.4 Å². The van der Waals surface area contributed by atoms with Crippen LogP contribution in [0.2, 0.25) is 4.47 Å². The largest absolute Gasteiger partial charge is 0.290 e. The van der Waals surface area contributed by atoms with Crippen LogP contribution in [0.5, 0.6) is 0 Å². The van der Waals surface area contributed by atoms with Crippen LogP contribution in [0.3, 0.4) is 0 Å². The molecule has 72 valence electrons. The minimum absolute atomic E-state index is 0.197. The van der Waals surface area contributed by atoms with Gasteiger partial charge in [0, 0.05) is 12.4 Å². The zero-order valence-electron chi connectivity index (χ0n) is 7.27. The molecule has 2 aromatic heterocycles. The summed E-state index contributed by atoms with van der Waals surface area (Å²) in [6.07, 6.45) is 3.14. The lowest BCUT2D eigenvalue weighted by molar-refractivity contribution is 0.0948. The predicted molar refractivity (Wildman–Crippen MR) is 53.8 cm³/mol. The molecule has 0 aliphatic heterocycles. The van der Waals surface area contributed by atoms with Crippen LogP contribution in [0.4, 0.5) is 0 Å². The molecule has 0 saturated heterocycles. The van der Waals surface area contributed by atoms with Crippen molar-refractivity contribution >= 4 is 28.8 Å². The summed E-state index contributed by atoms with van der Waals surface area (Å²) in [6.45, 7) is 1.75. The van der Waals surface area contributed by atoms with Crippen molar-refractivity contribution in [2.45, 2.75) is 6.92 Å². The fourth-order valence-electron chi connectivity index (χ4n) is 1.05. The van der Waals surface area contributed by atoms with Crippen molar-refractivity contribution in [2.75, 3.05) is 0 Å². The van der Waals surface area contributed by atoms with Gasteiger partial charge in [-0.25, -0.2) is 9.67 Å². The molecule has 0 amide bonds. The van der Waals surface area contributed by atoms with E-state index in [-0.39, 0.29) is 5.91 Å². The number of hydrogen-bond acceptors (Lipinski definition) is 4. The molecular weight excluding hydrogens is 222 g/mol. The second kappa shape index (κ2) is 3.51. The molecule has 0 unspecified atom stereocenters. The van der Waals surface area contributed by atoms with Crippen LogP contribution in [-0.2, 0) is 0 Å². The summed E-state index contributed by atoms with van der Waals surface area (Å²) in [6, 6.07) is 1.69. The number of nitrogens with zero attached hydrogens (tertiary/aromatic N) is 3. The molecule has 0 aromatic carbocycles.